The summed E-state index contributed by atoms with van der Waals surface area (Å²) in [5.74, 6) is -0.650. The van der Waals surface area contributed by atoms with Gasteiger partial charge in [-0.3, -0.25) is 4.79 Å². The molecule has 1 atom stereocenters. The van der Waals surface area contributed by atoms with Crippen molar-refractivity contribution >= 4 is 22.7 Å². The average molecular weight is 402 g/mol. The Morgan fingerprint density at radius 2 is 1.96 bits per heavy atom. The van der Waals surface area contributed by atoms with Gasteiger partial charge in [0.15, 0.2) is 0 Å². The number of rotatable bonds is 1. The highest BCUT2D eigenvalue weighted by atomic mass is 32.2. The molecule has 0 saturated carbocycles. The zero-order chi connectivity index (χ0) is 20.1. The third-order valence-corrected chi connectivity index (χ3v) is 6.23. The fraction of sp³-hybridized carbons (Fsp3) is 0.333. The van der Waals surface area contributed by atoms with Gasteiger partial charge in [0.25, 0.3) is 0 Å². The Morgan fingerprint density at radius 3 is 2.71 bits per heavy atom. The van der Waals surface area contributed by atoms with Crippen LogP contribution in [0.1, 0.15) is 38.3 Å². The molecule has 1 spiro atoms. The molecule has 146 valence electrons. The average Bonchev–Trinajstić information content (AvgIpc) is 3.02. The highest BCUT2D eigenvalue weighted by molar-refractivity contribution is 8.15. The van der Waals surface area contributed by atoms with E-state index in [4.69, 9.17) is 4.74 Å². The summed E-state index contributed by atoms with van der Waals surface area (Å²) in [6.45, 7) is 5.84. The minimum Gasteiger partial charge on any atom is -0.493 e. The number of ether oxygens (including phenoxy) is 1. The van der Waals surface area contributed by atoms with Gasteiger partial charge in [-0.25, -0.2) is 13.8 Å². The third kappa shape index (κ3) is 2.98. The van der Waals surface area contributed by atoms with Gasteiger partial charge in [-0.15, -0.1) is 0 Å². The van der Waals surface area contributed by atoms with Gasteiger partial charge < -0.3 is 4.74 Å². The number of hydrogen-bond acceptors (Lipinski definition) is 4. The van der Waals surface area contributed by atoms with Crippen LogP contribution in [0.2, 0.25) is 0 Å². The molecule has 0 aliphatic carbocycles. The van der Waals surface area contributed by atoms with Crippen LogP contribution in [0.25, 0.3) is 0 Å². The van der Waals surface area contributed by atoms with Crippen LogP contribution in [-0.2, 0) is 9.67 Å². The number of benzene rings is 2. The molecule has 2 aliphatic heterocycles. The Kier molecular flexibility index (Phi) is 4.45. The quantitative estimate of drug-likeness (QED) is 0.683. The van der Waals surface area contributed by atoms with Crippen LogP contribution in [0.15, 0.2) is 47.6 Å². The molecular weight excluding hydrogens is 382 g/mol. The summed E-state index contributed by atoms with van der Waals surface area (Å²) in [5, 5.41) is 6.23. The number of para-hydroxylation sites is 1. The van der Waals surface area contributed by atoms with E-state index in [1.54, 1.807) is 0 Å². The Hall–Kier alpha value is -2.41. The fourth-order valence-corrected chi connectivity index (χ4v) is 4.75. The summed E-state index contributed by atoms with van der Waals surface area (Å²) < 4.78 is 34.0. The van der Waals surface area contributed by atoms with Crippen molar-refractivity contribution in [2.45, 2.75) is 32.1 Å². The number of amides is 1. The Balaban J connectivity index is 1.89. The van der Waals surface area contributed by atoms with Crippen LogP contribution in [-0.4, -0.2) is 22.6 Å². The minimum absolute atomic E-state index is 0.0533. The summed E-state index contributed by atoms with van der Waals surface area (Å²) in [6.07, 6.45) is 0.487. The molecule has 0 bridgehead atoms. The zero-order valence-corrected chi connectivity index (χ0v) is 16.6. The van der Waals surface area contributed by atoms with Gasteiger partial charge in [0.2, 0.25) is 5.91 Å². The van der Waals surface area contributed by atoms with Crippen molar-refractivity contribution in [2.75, 3.05) is 6.61 Å². The second-order valence-corrected chi connectivity index (χ2v) is 9.14. The first-order chi connectivity index (χ1) is 13.2. The predicted molar refractivity (Wildman–Crippen MR) is 105 cm³/mol. The van der Waals surface area contributed by atoms with Crippen LogP contribution in [0, 0.1) is 17.0 Å². The number of carbonyl (C=O) groups is 1. The number of carbonyl (C=O) groups excluding carboxylic acids is 1. The molecule has 0 fully saturated rings. The number of fused-ring (bicyclic) bond motifs is 2. The van der Waals surface area contributed by atoms with E-state index >= 15 is 0 Å². The van der Waals surface area contributed by atoms with Gasteiger partial charge in [0.1, 0.15) is 27.3 Å². The molecule has 7 heteroatoms. The molecule has 0 N–H and O–H groups in total. The maximum Gasteiger partial charge on any atom is 0.249 e. The molecule has 1 unspecified atom stereocenters. The SMILES string of the molecule is CC(C)(C)C(=O)N1N=C(c2cc(F)ccc2F)SC12CCOc1ccccc12. The number of nitrogens with zero attached hydrogens (tertiary/aromatic N) is 2. The van der Waals surface area contributed by atoms with Gasteiger partial charge in [-0.05, 0) is 24.3 Å². The van der Waals surface area contributed by atoms with Crippen LogP contribution in [0.5, 0.6) is 5.75 Å². The Bertz CT molecular complexity index is 987. The fourth-order valence-electron chi connectivity index (χ4n) is 3.37. The second-order valence-electron chi connectivity index (χ2n) is 7.88. The van der Waals surface area contributed by atoms with Crippen LogP contribution >= 0.6 is 11.8 Å². The lowest BCUT2D eigenvalue weighted by Gasteiger charge is -2.41. The van der Waals surface area contributed by atoms with Crippen molar-refractivity contribution in [3.05, 3.63) is 65.2 Å². The van der Waals surface area contributed by atoms with Crippen molar-refractivity contribution in [1.82, 2.24) is 5.01 Å². The molecule has 2 aromatic rings. The molecule has 0 saturated heterocycles. The van der Waals surface area contributed by atoms with E-state index in [2.05, 4.69) is 5.10 Å². The van der Waals surface area contributed by atoms with E-state index in [9.17, 15) is 13.6 Å². The lowest BCUT2D eigenvalue weighted by Crippen LogP contribution is -2.48. The first kappa shape index (κ1) is 18.9. The van der Waals surface area contributed by atoms with Gasteiger partial charge in [0, 0.05) is 23.0 Å². The van der Waals surface area contributed by atoms with Crippen molar-refractivity contribution in [1.29, 1.82) is 0 Å². The smallest absolute Gasteiger partial charge is 0.249 e. The van der Waals surface area contributed by atoms with E-state index in [-0.39, 0.29) is 16.5 Å². The maximum absolute atomic E-state index is 14.4. The molecule has 4 nitrogen and oxygen atoms in total. The van der Waals surface area contributed by atoms with E-state index < -0.39 is 21.9 Å². The molecule has 2 aromatic carbocycles. The molecule has 2 aliphatic rings. The summed E-state index contributed by atoms with van der Waals surface area (Å²) in [5.41, 5.74) is 0.164. The topological polar surface area (TPSA) is 41.9 Å². The summed E-state index contributed by atoms with van der Waals surface area (Å²) in [4.78, 5) is 12.4. The minimum atomic E-state index is -0.854. The molecule has 28 heavy (non-hydrogen) atoms. The largest absolute Gasteiger partial charge is 0.493 e. The van der Waals surface area contributed by atoms with E-state index in [0.29, 0.717) is 18.8 Å². The van der Waals surface area contributed by atoms with E-state index in [1.165, 1.54) is 16.8 Å². The summed E-state index contributed by atoms with van der Waals surface area (Å²) in [6, 6.07) is 10.7. The predicted octanol–water partition coefficient (Wildman–Crippen LogP) is 4.88. The van der Waals surface area contributed by atoms with Crippen molar-refractivity contribution in [2.24, 2.45) is 10.5 Å². The van der Waals surface area contributed by atoms with Crippen LogP contribution in [0.4, 0.5) is 8.78 Å². The second kappa shape index (κ2) is 6.58. The first-order valence-corrected chi connectivity index (χ1v) is 9.84. The van der Waals surface area contributed by atoms with Crippen molar-refractivity contribution in [3.63, 3.8) is 0 Å². The van der Waals surface area contributed by atoms with E-state index in [1.807, 2.05) is 45.0 Å². The molecule has 1 amide bonds. The van der Waals surface area contributed by atoms with Gasteiger partial charge in [-0.2, -0.15) is 5.10 Å². The number of thioether (sulfide) groups is 1. The van der Waals surface area contributed by atoms with Crippen LogP contribution < -0.4 is 4.74 Å². The van der Waals surface area contributed by atoms with Crippen molar-refractivity contribution < 1.29 is 18.3 Å². The lowest BCUT2D eigenvalue weighted by molar-refractivity contribution is -0.143. The summed E-state index contributed by atoms with van der Waals surface area (Å²) in [7, 11) is 0. The third-order valence-electron chi connectivity index (χ3n) is 4.80. The number of hydrogen-bond donors (Lipinski definition) is 0. The molecule has 0 aromatic heterocycles. The standard InChI is InChI=1S/C21H20F2N2O2S/c1-20(2,3)19(26)25-21(10-11-27-17-7-5-4-6-15(17)21)28-18(24-25)14-12-13(22)8-9-16(14)23/h4-9,12H,10-11H2,1-3H3. The van der Waals surface area contributed by atoms with Gasteiger partial charge in [0.05, 0.1) is 6.61 Å². The highest BCUT2D eigenvalue weighted by Gasteiger charge is 2.53. The van der Waals surface area contributed by atoms with Crippen LogP contribution in [0.3, 0.4) is 0 Å². The Labute approximate surface area is 166 Å². The normalized spacial score (nSPS) is 21.3. The summed E-state index contributed by atoms with van der Waals surface area (Å²) >= 11 is 1.27. The maximum atomic E-state index is 14.4. The van der Waals surface area contributed by atoms with Crippen molar-refractivity contribution in [3.8, 4) is 5.75 Å². The number of hydrazone groups is 1. The zero-order valence-electron chi connectivity index (χ0n) is 15.8. The lowest BCUT2D eigenvalue weighted by atomic mass is 9.92. The molecule has 2 heterocycles. The van der Waals surface area contributed by atoms with Gasteiger partial charge in [-0.1, -0.05) is 50.7 Å². The highest BCUT2D eigenvalue weighted by Crippen LogP contribution is 2.55. The van der Waals surface area contributed by atoms with Gasteiger partial charge >= 0.3 is 0 Å². The molecular formula is C21H20F2N2O2S. The van der Waals surface area contributed by atoms with E-state index in [0.717, 1.165) is 23.8 Å². The number of halogens is 2. The monoisotopic (exact) mass is 402 g/mol. The molecule has 4 rings (SSSR count). The Morgan fingerprint density at radius 1 is 1.21 bits per heavy atom. The molecule has 0 radical (unpaired) electrons. The first-order valence-electron chi connectivity index (χ1n) is 9.02.